The molecule has 0 amide bonds. The first-order chi connectivity index (χ1) is 15.0. The van der Waals surface area contributed by atoms with Crippen LogP contribution in [0, 0.1) is 5.82 Å². The Hall–Kier alpha value is -3.65. The molecule has 3 N–H and O–H groups in total. The van der Waals surface area contributed by atoms with Crippen molar-refractivity contribution in [2.75, 3.05) is 13.1 Å². The van der Waals surface area contributed by atoms with E-state index in [1.807, 2.05) is 31.2 Å². The Morgan fingerprint density at radius 2 is 1.84 bits per heavy atom. The number of H-pyrrole nitrogens is 2. The molecule has 31 heavy (non-hydrogen) atoms. The van der Waals surface area contributed by atoms with Crippen molar-refractivity contribution < 1.29 is 9.50 Å². The maximum atomic E-state index is 13.4. The van der Waals surface area contributed by atoms with Gasteiger partial charge in [-0.2, -0.15) is 0 Å². The predicted octanol–water partition coefficient (Wildman–Crippen LogP) is 2.82. The van der Waals surface area contributed by atoms with Crippen LogP contribution in [0.5, 0.6) is 5.88 Å². The van der Waals surface area contributed by atoms with Crippen LogP contribution in [0.15, 0.2) is 58.1 Å². The highest BCUT2D eigenvalue weighted by molar-refractivity contribution is 5.85. The molecular formula is C23H21FN4O3. The van der Waals surface area contributed by atoms with Crippen LogP contribution in [-0.2, 0) is 6.42 Å². The van der Waals surface area contributed by atoms with Gasteiger partial charge >= 0.3 is 5.69 Å². The second-order valence-electron chi connectivity index (χ2n) is 7.65. The molecule has 0 aliphatic carbocycles. The lowest BCUT2D eigenvalue weighted by Crippen LogP contribution is -2.41. The highest BCUT2D eigenvalue weighted by atomic mass is 19.1. The molecule has 5 rings (SSSR count). The Bertz CT molecular complexity index is 1400. The lowest BCUT2D eigenvalue weighted by Gasteiger charge is -2.35. The number of para-hydroxylation sites is 1. The Balaban J connectivity index is 1.78. The number of nitrogens with one attached hydrogen (secondary N) is 2. The predicted molar refractivity (Wildman–Crippen MR) is 115 cm³/mol. The second-order valence-corrected chi connectivity index (χ2v) is 7.65. The molecule has 7 nitrogen and oxygen atoms in total. The van der Waals surface area contributed by atoms with E-state index in [1.54, 1.807) is 0 Å². The topological polar surface area (TPSA) is 94.1 Å². The molecule has 4 aromatic rings. The number of fused-ring (bicyclic) bond motifs is 3. The highest BCUT2D eigenvalue weighted by Crippen LogP contribution is 2.39. The zero-order valence-corrected chi connectivity index (χ0v) is 16.9. The summed E-state index contributed by atoms with van der Waals surface area (Å²) in [5.74, 6) is -0.914. The molecule has 8 heteroatoms. The Kier molecular flexibility index (Phi) is 4.51. The summed E-state index contributed by atoms with van der Waals surface area (Å²) in [6.07, 6.45) is 0.806. The summed E-state index contributed by atoms with van der Waals surface area (Å²) in [5.41, 5.74) is 1.81. The van der Waals surface area contributed by atoms with Gasteiger partial charge in [0.1, 0.15) is 11.4 Å². The number of nitrogens with zero attached hydrogens (tertiary/aromatic N) is 2. The molecule has 1 aliphatic heterocycles. The standard InChI is InChI=1S/C23H21FN4O3/c1-2-27-12-11-16-15-5-3-4-6-17(15)25-19(16)20(27)18-21(29)26-23(31)28(22(18)30)14-9-7-13(24)8-10-14/h3-10,20,25,30H,2,11-12H2,1H3,(H,26,29,31)/t20-/m0/s1. The van der Waals surface area contributed by atoms with Crippen molar-refractivity contribution in [3.05, 3.63) is 92.0 Å². The zero-order chi connectivity index (χ0) is 21.7. The van der Waals surface area contributed by atoms with Crippen LogP contribution in [0.2, 0.25) is 0 Å². The fourth-order valence-corrected chi connectivity index (χ4v) is 4.57. The highest BCUT2D eigenvalue weighted by Gasteiger charge is 2.35. The number of aromatic nitrogens is 3. The van der Waals surface area contributed by atoms with Crippen LogP contribution in [-0.4, -0.2) is 37.6 Å². The number of hydrogen-bond acceptors (Lipinski definition) is 4. The fourth-order valence-electron chi connectivity index (χ4n) is 4.57. The molecule has 3 heterocycles. The monoisotopic (exact) mass is 420 g/mol. The van der Waals surface area contributed by atoms with Gasteiger partial charge in [0.15, 0.2) is 0 Å². The molecule has 1 atom stereocenters. The maximum Gasteiger partial charge on any atom is 0.335 e. The minimum Gasteiger partial charge on any atom is -0.494 e. The van der Waals surface area contributed by atoms with E-state index in [0.29, 0.717) is 13.1 Å². The quantitative estimate of drug-likeness (QED) is 0.475. The lowest BCUT2D eigenvalue weighted by atomic mass is 9.93. The van der Waals surface area contributed by atoms with Gasteiger partial charge in [0, 0.05) is 23.1 Å². The number of likely N-dealkylation sites (N-methyl/N-ethyl adjacent to an activating group) is 1. The smallest absolute Gasteiger partial charge is 0.335 e. The number of halogens is 1. The van der Waals surface area contributed by atoms with Crippen LogP contribution >= 0.6 is 0 Å². The van der Waals surface area contributed by atoms with Crippen LogP contribution in [0.4, 0.5) is 4.39 Å². The van der Waals surface area contributed by atoms with E-state index in [1.165, 1.54) is 24.3 Å². The Morgan fingerprint density at radius 3 is 2.58 bits per heavy atom. The van der Waals surface area contributed by atoms with Crippen molar-refractivity contribution in [1.82, 2.24) is 19.4 Å². The summed E-state index contributed by atoms with van der Waals surface area (Å²) in [4.78, 5) is 33.3. The molecular weight excluding hydrogens is 399 g/mol. The molecule has 2 aromatic heterocycles. The summed E-state index contributed by atoms with van der Waals surface area (Å²) >= 11 is 0. The van der Waals surface area contributed by atoms with E-state index in [9.17, 15) is 19.1 Å². The first kappa shape index (κ1) is 19.3. The summed E-state index contributed by atoms with van der Waals surface area (Å²) in [7, 11) is 0. The summed E-state index contributed by atoms with van der Waals surface area (Å²) < 4.78 is 14.4. The van der Waals surface area contributed by atoms with Crippen molar-refractivity contribution in [1.29, 1.82) is 0 Å². The van der Waals surface area contributed by atoms with Gasteiger partial charge in [-0.3, -0.25) is 14.7 Å². The van der Waals surface area contributed by atoms with Gasteiger partial charge in [-0.1, -0.05) is 25.1 Å². The van der Waals surface area contributed by atoms with E-state index in [4.69, 9.17) is 0 Å². The Labute approximate surface area is 176 Å². The fraction of sp³-hybridized carbons (Fsp3) is 0.217. The van der Waals surface area contributed by atoms with Crippen molar-refractivity contribution >= 4 is 10.9 Å². The molecule has 0 bridgehead atoms. The molecule has 0 unspecified atom stereocenters. The molecule has 1 aliphatic rings. The number of rotatable bonds is 3. The van der Waals surface area contributed by atoms with E-state index >= 15 is 0 Å². The third kappa shape index (κ3) is 2.98. The zero-order valence-electron chi connectivity index (χ0n) is 16.9. The maximum absolute atomic E-state index is 13.4. The largest absolute Gasteiger partial charge is 0.494 e. The van der Waals surface area contributed by atoms with Gasteiger partial charge in [-0.05, 0) is 48.9 Å². The lowest BCUT2D eigenvalue weighted by molar-refractivity contribution is 0.215. The number of aromatic hydroxyl groups is 1. The van der Waals surface area contributed by atoms with Crippen molar-refractivity contribution in [2.45, 2.75) is 19.4 Å². The second kappa shape index (κ2) is 7.24. The third-order valence-electron chi connectivity index (χ3n) is 6.02. The van der Waals surface area contributed by atoms with Gasteiger partial charge in [0.05, 0.1) is 11.7 Å². The molecule has 0 saturated heterocycles. The molecule has 2 aromatic carbocycles. The van der Waals surface area contributed by atoms with Gasteiger partial charge < -0.3 is 10.1 Å². The number of hydrogen-bond donors (Lipinski definition) is 3. The average Bonchev–Trinajstić information content (AvgIpc) is 3.14. The number of benzene rings is 2. The van der Waals surface area contributed by atoms with Crippen LogP contribution in [0.25, 0.3) is 16.6 Å². The van der Waals surface area contributed by atoms with E-state index < -0.39 is 29.0 Å². The summed E-state index contributed by atoms with van der Waals surface area (Å²) in [5, 5.41) is 12.2. The van der Waals surface area contributed by atoms with E-state index in [-0.39, 0.29) is 11.3 Å². The minimum absolute atomic E-state index is 0.0817. The first-order valence-electron chi connectivity index (χ1n) is 10.2. The summed E-state index contributed by atoms with van der Waals surface area (Å²) in [6, 6.07) is 12.5. The third-order valence-corrected chi connectivity index (χ3v) is 6.02. The molecule has 0 fully saturated rings. The van der Waals surface area contributed by atoms with E-state index in [2.05, 4.69) is 14.9 Å². The molecule has 0 spiro atoms. The van der Waals surface area contributed by atoms with Crippen molar-refractivity contribution in [3.8, 4) is 11.6 Å². The Morgan fingerprint density at radius 1 is 1.10 bits per heavy atom. The normalized spacial score (nSPS) is 16.5. The average molecular weight is 420 g/mol. The summed E-state index contributed by atoms with van der Waals surface area (Å²) in [6.45, 7) is 3.33. The van der Waals surface area contributed by atoms with Crippen molar-refractivity contribution in [3.63, 3.8) is 0 Å². The van der Waals surface area contributed by atoms with Gasteiger partial charge in [-0.15, -0.1) is 0 Å². The molecule has 158 valence electrons. The number of aromatic amines is 2. The van der Waals surface area contributed by atoms with Gasteiger partial charge in [0.2, 0.25) is 5.88 Å². The van der Waals surface area contributed by atoms with Crippen LogP contribution < -0.4 is 11.2 Å². The van der Waals surface area contributed by atoms with Crippen LogP contribution in [0.1, 0.15) is 29.8 Å². The SMILES string of the molecule is CCN1CCc2c([nH]c3ccccc23)[C@@H]1c1c(O)n(-c2ccc(F)cc2)c(=O)[nH]c1=O. The van der Waals surface area contributed by atoms with Gasteiger partial charge in [0.25, 0.3) is 5.56 Å². The first-order valence-corrected chi connectivity index (χ1v) is 10.2. The molecule has 0 radical (unpaired) electrons. The van der Waals surface area contributed by atoms with Crippen molar-refractivity contribution in [2.24, 2.45) is 0 Å². The van der Waals surface area contributed by atoms with Gasteiger partial charge in [-0.25, -0.2) is 13.8 Å². The molecule has 0 saturated carbocycles. The van der Waals surface area contributed by atoms with Crippen LogP contribution in [0.3, 0.4) is 0 Å². The van der Waals surface area contributed by atoms with E-state index in [0.717, 1.165) is 33.1 Å². The minimum atomic E-state index is -0.784.